The van der Waals surface area contributed by atoms with E-state index in [1.165, 1.54) is 18.2 Å². The fourth-order valence-electron chi connectivity index (χ4n) is 0.926. The summed E-state index contributed by atoms with van der Waals surface area (Å²) in [7, 11) is 0. The van der Waals surface area contributed by atoms with Crippen molar-refractivity contribution in [3.8, 4) is 0 Å². The van der Waals surface area contributed by atoms with Crippen LogP contribution >= 0.6 is 0 Å². The van der Waals surface area contributed by atoms with Crippen molar-refractivity contribution in [3.05, 3.63) is 29.6 Å². The minimum atomic E-state index is -0.643. The van der Waals surface area contributed by atoms with Crippen LogP contribution in [0.25, 0.3) is 0 Å². The molecule has 0 bridgehead atoms. The Labute approximate surface area is 64.5 Å². The zero-order chi connectivity index (χ0) is 8.43. The molecule has 0 aliphatic rings. The van der Waals surface area contributed by atoms with Gasteiger partial charge < -0.3 is 10.8 Å². The van der Waals surface area contributed by atoms with Crippen LogP contribution in [0, 0.1) is 5.82 Å². The molecular formula is C8H10FNO. The molecule has 0 aliphatic heterocycles. The van der Waals surface area contributed by atoms with Crippen LogP contribution in [0.3, 0.4) is 0 Å². The van der Waals surface area contributed by atoms with E-state index in [1.54, 1.807) is 6.92 Å². The molecule has 3 N–H and O–H groups in total. The molecule has 2 nitrogen and oxygen atoms in total. The van der Waals surface area contributed by atoms with Crippen LogP contribution in [0.5, 0.6) is 0 Å². The van der Waals surface area contributed by atoms with Crippen LogP contribution in [-0.2, 0) is 0 Å². The third-order valence-corrected chi connectivity index (χ3v) is 1.50. The van der Waals surface area contributed by atoms with E-state index in [-0.39, 0.29) is 5.82 Å². The standard InChI is InChI=1S/C8H10FNO/c1-5(11)7-3-2-6(9)4-8(7)10/h2-5,11H,10H2,1H3. The van der Waals surface area contributed by atoms with E-state index in [9.17, 15) is 4.39 Å². The fraction of sp³-hybridized carbons (Fsp3) is 0.250. The second kappa shape index (κ2) is 2.88. The van der Waals surface area contributed by atoms with Gasteiger partial charge in [0.25, 0.3) is 0 Å². The molecule has 0 fully saturated rings. The lowest BCUT2D eigenvalue weighted by atomic mass is 10.1. The van der Waals surface area contributed by atoms with Crippen molar-refractivity contribution in [2.75, 3.05) is 5.73 Å². The van der Waals surface area contributed by atoms with E-state index in [0.29, 0.717) is 11.3 Å². The second-order valence-electron chi connectivity index (χ2n) is 2.45. The van der Waals surface area contributed by atoms with Gasteiger partial charge in [-0.05, 0) is 19.1 Å². The van der Waals surface area contributed by atoms with Crippen LogP contribution in [0.15, 0.2) is 18.2 Å². The topological polar surface area (TPSA) is 46.2 Å². The van der Waals surface area contributed by atoms with E-state index in [2.05, 4.69) is 0 Å². The highest BCUT2D eigenvalue weighted by Crippen LogP contribution is 2.20. The number of aliphatic hydroxyl groups excluding tert-OH is 1. The smallest absolute Gasteiger partial charge is 0.125 e. The minimum absolute atomic E-state index is 0.292. The first-order chi connectivity index (χ1) is 5.11. The molecule has 60 valence electrons. The number of hydrogen-bond donors (Lipinski definition) is 2. The predicted octanol–water partition coefficient (Wildman–Crippen LogP) is 1.46. The number of anilines is 1. The first-order valence-corrected chi connectivity index (χ1v) is 3.34. The number of nitrogen functional groups attached to an aromatic ring is 1. The molecule has 1 aromatic carbocycles. The van der Waals surface area contributed by atoms with Crippen LogP contribution in [0.4, 0.5) is 10.1 Å². The summed E-state index contributed by atoms with van der Waals surface area (Å²) in [6.07, 6.45) is -0.643. The highest BCUT2D eigenvalue weighted by molar-refractivity contribution is 5.47. The Balaban J connectivity index is 3.09. The summed E-state index contributed by atoms with van der Waals surface area (Å²) in [5.41, 5.74) is 6.28. The Kier molecular flexibility index (Phi) is 2.10. The molecule has 3 heteroatoms. The van der Waals surface area contributed by atoms with Gasteiger partial charge in [-0.25, -0.2) is 4.39 Å². The molecule has 1 unspecified atom stereocenters. The van der Waals surface area contributed by atoms with Crippen LogP contribution in [0.1, 0.15) is 18.6 Å². The van der Waals surface area contributed by atoms with Gasteiger partial charge >= 0.3 is 0 Å². The van der Waals surface area contributed by atoms with Gasteiger partial charge in [0, 0.05) is 11.3 Å². The summed E-state index contributed by atoms with van der Waals surface area (Å²) in [4.78, 5) is 0. The number of benzene rings is 1. The van der Waals surface area contributed by atoms with Gasteiger partial charge in [0.2, 0.25) is 0 Å². The average Bonchev–Trinajstić information content (AvgIpc) is 1.85. The largest absolute Gasteiger partial charge is 0.398 e. The molecule has 0 spiro atoms. The van der Waals surface area contributed by atoms with Crippen LogP contribution in [0.2, 0.25) is 0 Å². The van der Waals surface area contributed by atoms with E-state index >= 15 is 0 Å². The third kappa shape index (κ3) is 1.68. The summed E-state index contributed by atoms with van der Waals surface area (Å²) in [6.45, 7) is 1.59. The van der Waals surface area contributed by atoms with Crippen molar-refractivity contribution < 1.29 is 9.50 Å². The molecule has 0 aliphatic carbocycles. The van der Waals surface area contributed by atoms with Gasteiger partial charge in [-0.2, -0.15) is 0 Å². The molecule has 0 heterocycles. The molecule has 0 saturated heterocycles. The van der Waals surface area contributed by atoms with E-state index in [4.69, 9.17) is 10.8 Å². The Hall–Kier alpha value is -1.09. The van der Waals surface area contributed by atoms with Crippen molar-refractivity contribution >= 4 is 5.69 Å². The summed E-state index contributed by atoms with van der Waals surface area (Å²) in [6, 6.07) is 3.95. The average molecular weight is 155 g/mol. The number of aliphatic hydroxyl groups is 1. The Morgan fingerprint density at radius 2 is 2.18 bits per heavy atom. The summed E-state index contributed by atoms with van der Waals surface area (Å²) >= 11 is 0. The number of nitrogens with two attached hydrogens (primary N) is 1. The number of halogens is 1. The molecule has 11 heavy (non-hydrogen) atoms. The lowest BCUT2D eigenvalue weighted by Gasteiger charge is -2.07. The maximum Gasteiger partial charge on any atom is 0.125 e. The first kappa shape index (κ1) is 8.01. The van der Waals surface area contributed by atoms with Gasteiger partial charge in [-0.1, -0.05) is 6.07 Å². The van der Waals surface area contributed by atoms with E-state index in [1.807, 2.05) is 0 Å². The van der Waals surface area contributed by atoms with Crippen molar-refractivity contribution in [2.45, 2.75) is 13.0 Å². The fourth-order valence-corrected chi connectivity index (χ4v) is 0.926. The predicted molar refractivity (Wildman–Crippen MR) is 41.4 cm³/mol. The normalized spacial score (nSPS) is 13.0. The monoisotopic (exact) mass is 155 g/mol. The van der Waals surface area contributed by atoms with Crippen LogP contribution in [-0.4, -0.2) is 5.11 Å². The van der Waals surface area contributed by atoms with Crippen molar-refractivity contribution in [2.24, 2.45) is 0 Å². The van der Waals surface area contributed by atoms with Crippen LogP contribution < -0.4 is 5.73 Å². The Bertz CT molecular complexity index is 260. The lowest BCUT2D eigenvalue weighted by Crippen LogP contribution is -1.98. The minimum Gasteiger partial charge on any atom is -0.398 e. The number of hydrogen-bond acceptors (Lipinski definition) is 2. The third-order valence-electron chi connectivity index (χ3n) is 1.50. The molecule has 0 saturated carbocycles. The van der Waals surface area contributed by atoms with Gasteiger partial charge in [0.1, 0.15) is 5.82 Å². The first-order valence-electron chi connectivity index (χ1n) is 3.34. The van der Waals surface area contributed by atoms with Gasteiger partial charge in [0.15, 0.2) is 0 Å². The zero-order valence-corrected chi connectivity index (χ0v) is 6.21. The van der Waals surface area contributed by atoms with E-state index < -0.39 is 6.10 Å². The highest BCUT2D eigenvalue weighted by atomic mass is 19.1. The van der Waals surface area contributed by atoms with Gasteiger partial charge in [-0.3, -0.25) is 0 Å². The Morgan fingerprint density at radius 1 is 1.55 bits per heavy atom. The van der Waals surface area contributed by atoms with Crippen molar-refractivity contribution in [1.29, 1.82) is 0 Å². The van der Waals surface area contributed by atoms with Gasteiger partial charge in [-0.15, -0.1) is 0 Å². The zero-order valence-electron chi connectivity index (χ0n) is 6.21. The molecule has 0 amide bonds. The molecular weight excluding hydrogens is 145 g/mol. The summed E-state index contributed by atoms with van der Waals surface area (Å²) in [5, 5.41) is 9.09. The van der Waals surface area contributed by atoms with Crippen molar-refractivity contribution in [3.63, 3.8) is 0 Å². The quantitative estimate of drug-likeness (QED) is 0.603. The maximum atomic E-state index is 12.4. The van der Waals surface area contributed by atoms with Crippen molar-refractivity contribution in [1.82, 2.24) is 0 Å². The summed E-state index contributed by atoms with van der Waals surface area (Å²) < 4.78 is 12.4. The molecule has 1 atom stereocenters. The SMILES string of the molecule is CC(O)c1ccc(F)cc1N. The maximum absolute atomic E-state index is 12.4. The van der Waals surface area contributed by atoms with E-state index in [0.717, 1.165) is 0 Å². The molecule has 1 aromatic rings. The van der Waals surface area contributed by atoms with Gasteiger partial charge in [0.05, 0.1) is 6.10 Å². The number of rotatable bonds is 1. The molecule has 1 rings (SSSR count). The summed E-state index contributed by atoms with van der Waals surface area (Å²) in [5.74, 6) is -0.382. The molecule has 0 aromatic heterocycles. The molecule has 0 radical (unpaired) electrons. The lowest BCUT2D eigenvalue weighted by molar-refractivity contribution is 0.200. The Morgan fingerprint density at radius 3 is 2.64 bits per heavy atom. The second-order valence-corrected chi connectivity index (χ2v) is 2.45. The highest BCUT2D eigenvalue weighted by Gasteiger charge is 2.04.